The molecule has 0 aliphatic carbocycles. The van der Waals surface area contributed by atoms with E-state index >= 15 is 0 Å². The van der Waals surface area contributed by atoms with Crippen molar-refractivity contribution in [3.8, 4) is 5.75 Å². The first kappa shape index (κ1) is 24.4. The van der Waals surface area contributed by atoms with Crippen LogP contribution < -0.4 is 0 Å². The van der Waals surface area contributed by atoms with Crippen molar-refractivity contribution >= 4 is 5.78 Å². The maximum absolute atomic E-state index is 13.4. The maximum Gasteiger partial charge on any atom is 0.166 e. The summed E-state index contributed by atoms with van der Waals surface area (Å²) >= 11 is 0. The second-order valence-corrected chi connectivity index (χ2v) is 8.70. The molecular formula is C26H36FN3O2. The summed E-state index contributed by atoms with van der Waals surface area (Å²) < 4.78 is 13.4. The Morgan fingerprint density at radius 3 is 2.00 bits per heavy atom. The van der Waals surface area contributed by atoms with Crippen LogP contribution in [-0.2, 0) is 0 Å². The van der Waals surface area contributed by atoms with Crippen molar-refractivity contribution in [1.82, 2.24) is 14.7 Å². The van der Waals surface area contributed by atoms with Crippen LogP contribution in [-0.4, -0.2) is 77.9 Å². The SMILES string of the molecule is CCN(CC)[C@@H](CN1CCN(C[C@@H](C)C(=O)c2ccc(O)cc2)CC1)c1ccc(F)cc1. The van der Waals surface area contributed by atoms with Crippen molar-refractivity contribution in [2.75, 3.05) is 52.4 Å². The molecule has 1 aliphatic rings. The largest absolute Gasteiger partial charge is 0.508 e. The number of rotatable bonds is 10. The fourth-order valence-electron chi connectivity index (χ4n) is 4.56. The zero-order valence-electron chi connectivity index (χ0n) is 19.5. The normalized spacial score (nSPS) is 17.4. The third kappa shape index (κ3) is 6.37. The van der Waals surface area contributed by atoms with E-state index in [1.165, 1.54) is 0 Å². The number of nitrogens with zero attached hydrogens (tertiary/aromatic N) is 3. The summed E-state index contributed by atoms with van der Waals surface area (Å²) in [5.41, 5.74) is 1.81. The standard InChI is InChI=1S/C26H36FN3O2/c1-4-30(5-2)25(21-6-10-23(27)11-7-21)19-29-16-14-28(15-17-29)18-20(3)26(32)22-8-12-24(31)13-9-22/h6-13,20,25,31H,4-5,14-19H2,1-3H3/t20-,25+/m1/s1. The summed E-state index contributed by atoms with van der Waals surface area (Å²) in [6, 6.07) is 13.7. The fraction of sp³-hybridized carbons (Fsp3) is 0.500. The monoisotopic (exact) mass is 441 g/mol. The van der Waals surface area contributed by atoms with Gasteiger partial charge in [-0.05, 0) is 55.1 Å². The molecule has 0 bridgehead atoms. The molecular weight excluding hydrogens is 405 g/mol. The molecule has 2 aromatic carbocycles. The number of hydrogen-bond acceptors (Lipinski definition) is 5. The van der Waals surface area contributed by atoms with Gasteiger partial charge in [0.15, 0.2) is 5.78 Å². The van der Waals surface area contributed by atoms with Gasteiger partial charge in [0.25, 0.3) is 0 Å². The van der Waals surface area contributed by atoms with Gasteiger partial charge in [-0.25, -0.2) is 4.39 Å². The number of likely N-dealkylation sites (N-methyl/N-ethyl adjacent to an activating group) is 1. The summed E-state index contributed by atoms with van der Waals surface area (Å²) in [6.07, 6.45) is 0. The highest BCUT2D eigenvalue weighted by Gasteiger charge is 2.26. The summed E-state index contributed by atoms with van der Waals surface area (Å²) in [7, 11) is 0. The highest BCUT2D eigenvalue weighted by Crippen LogP contribution is 2.23. The van der Waals surface area contributed by atoms with Gasteiger partial charge in [0.2, 0.25) is 0 Å². The van der Waals surface area contributed by atoms with Crippen LogP contribution in [0, 0.1) is 11.7 Å². The van der Waals surface area contributed by atoms with Crippen LogP contribution in [0.3, 0.4) is 0 Å². The van der Waals surface area contributed by atoms with Gasteiger partial charge < -0.3 is 10.0 Å². The smallest absolute Gasteiger partial charge is 0.166 e. The summed E-state index contributed by atoms with van der Waals surface area (Å²) in [6.45, 7) is 13.7. The molecule has 32 heavy (non-hydrogen) atoms. The molecule has 1 saturated heterocycles. The van der Waals surface area contributed by atoms with E-state index in [-0.39, 0.29) is 29.3 Å². The first-order chi connectivity index (χ1) is 15.4. The summed E-state index contributed by atoms with van der Waals surface area (Å²) in [4.78, 5) is 20.0. The quantitative estimate of drug-likeness (QED) is 0.564. The van der Waals surface area contributed by atoms with Crippen LogP contribution in [0.1, 0.15) is 42.7 Å². The number of carbonyl (C=O) groups excluding carboxylic acids is 1. The molecule has 1 aliphatic heterocycles. The van der Waals surface area contributed by atoms with Crippen molar-refractivity contribution < 1.29 is 14.3 Å². The van der Waals surface area contributed by atoms with E-state index in [4.69, 9.17) is 0 Å². The minimum atomic E-state index is -0.198. The zero-order chi connectivity index (χ0) is 23.1. The fourth-order valence-corrected chi connectivity index (χ4v) is 4.56. The van der Waals surface area contributed by atoms with E-state index in [1.807, 2.05) is 19.1 Å². The molecule has 0 radical (unpaired) electrons. The van der Waals surface area contributed by atoms with Crippen LogP contribution in [0.5, 0.6) is 5.75 Å². The maximum atomic E-state index is 13.4. The van der Waals surface area contributed by atoms with Gasteiger partial charge in [-0.1, -0.05) is 32.9 Å². The van der Waals surface area contributed by atoms with Gasteiger partial charge in [-0.2, -0.15) is 0 Å². The average molecular weight is 442 g/mol. The Bertz CT molecular complexity index is 844. The number of Topliss-reactive ketones (excluding diaryl/α,β-unsaturated/α-hetero) is 1. The number of phenolic OH excluding ortho intramolecular Hbond substituents is 1. The molecule has 2 aromatic rings. The molecule has 0 amide bonds. The molecule has 1 fully saturated rings. The number of carbonyl (C=O) groups is 1. The molecule has 1 heterocycles. The highest BCUT2D eigenvalue weighted by atomic mass is 19.1. The molecule has 174 valence electrons. The van der Waals surface area contributed by atoms with Crippen LogP contribution in [0.4, 0.5) is 4.39 Å². The summed E-state index contributed by atoms with van der Waals surface area (Å²) in [5, 5.41) is 9.43. The Morgan fingerprint density at radius 1 is 0.938 bits per heavy atom. The Kier molecular flexibility index (Phi) is 8.79. The molecule has 0 spiro atoms. The lowest BCUT2D eigenvalue weighted by molar-refractivity contribution is 0.0754. The molecule has 3 rings (SSSR count). The third-order valence-electron chi connectivity index (χ3n) is 6.54. The Hall–Kier alpha value is -2.28. The van der Waals surface area contributed by atoms with Gasteiger partial charge in [-0.3, -0.25) is 14.6 Å². The second kappa shape index (κ2) is 11.5. The van der Waals surface area contributed by atoms with Crippen LogP contribution >= 0.6 is 0 Å². The van der Waals surface area contributed by atoms with Crippen molar-refractivity contribution in [2.24, 2.45) is 5.92 Å². The number of ketones is 1. The Labute approximate surface area is 191 Å². The van der Waals surface area contributed by atoms with E-state index < -0.39 is 0 Å². The summed E-state index contributed by atoms with van der Waals surface area (Å²) in [5.74, 6) is 0.00433. The molecule has 6 heteroatoms. The predicted molar refractivity (Wildman–Crippen MR) is 127 cm³/mol. The molecule has 0 aromatic heterocycles. The lowest BCUT2D eigenvalue weighted by Crippen LogP contribution is -2.50. The first-order valence-corrected chi connectivity index (χ1v) is 11.7. The van der Waals surface area contributed by atoms with E-state index in [9.17, 15) is 14.3 Å². The minimum Gasteiger partial charge on any atom is -0.508 e. The number of aromatic hydroxyl groups is 1. The van der Waals surface area contributed by atoms with E-state index in [0.717, 1.165) is 57.9 Å². The number of benzene rings is 2. The Balaban J connectivity index is 1.54. The molecule has 1 N–H and O–H groups in total. The third-order valence-corrected chi connectivity index (χ3v) is 6.54. The van der Waals surface area contributed by atoms with Gasteiger partial charge in [-0.15, -0.1) is 0 Å². The zero-order valence-corrected chi connectivity index (χ0v) is 19.5. The highest BCUT2D eigenvalue weighted by molar-refractivity contribution is 5.97. The predicted octanol–water partition coefficient (Wildman–Crippen LogP) is 4.05. The Morgan fingerprint density at radius 2 is 1.47 bits per heavy atom. The number of halogens is 1. The van der Waals surface area contributed by atoms with Gasteiger partial charge in [0, 0.05) is 56.8 Å². The van der Waals surface area contributed by atoms with Gasteiger partial charge >= 0.3 is 0 Å². The first-order valence-electron chi connectivity index (χ1n) is 11.7. The number of phenols is 1. The lowest BCUT2D eigenvalue weighted by atomic mass is 9.98. The molecule has 0 saturated carbocycles. The average Bonchev–Trinajstić information content (AvgIpc) is 2.81. The molecule has 2 atom stereocenters. The van der Waals surface area contributed by atoms with Crippen molar-refractivity contribution in [2.45, 2.75) is 26.8 Å². The van der Waals surface area contributed by atoms with Gasteiger partial charge in [0.1, 0.15) is 11.6 Å². The molecule has 0 unspecified atom stereocenters. The van der Waals surface area contributed by atoms with E-state index in [2.05, 4.69) is 28.5 Å². The van der Waals surface area contributed by atoms with E-state index in [1.54, 1.807) is 36.4 Å². The van der Waals surface area contributed by atoms with Crippen molar-refractivity contribution in [3.63, 3.8) is 0 Å². The van der Waals surface area contributed by atoms with Gasteiger partial charge in [0.05, 0.1) is 0 Å². The van der Waals surface area contributed by atoms with E-state index in [0.29, 0.717) is 5.56 Å². The number of hydrogen-bond donors (Lipinski definition) is 1. The van der Waals surface area contributed by atoms with Crippen LogP contribution in [0.25, 0.3) is 0 Å². The lowest BCUT2D eigenvalue weighted by Gasteiger charge is -2.39. The topological polar surface area (TPSA) is 47.0 Å². The minimum absolute atomic E-state index is 0.0891. The molecule has 5 nitrogen and oxygen atoms in total. The van der Waals surface area contributed by atoms with Crippen molar-refractivity contribution in [1.29, 1.82) is 0 Å². The number of piperazine rings is 1. The van der Waals surface area contributed by atoms with Crippen LogP contribution in [0.2, 0.25) is 0 Å². The van der Waals surface area contributed by atoms with Crippen molar-refractivity contribution in [3.05, 3.63) is 65.5 Å². The second-order valence-electron chi connectivity index (χ2n) is 8.70. The van der Waals surface area contributed by atoms with Crippen LogP contribution in [0.15, 0.2) is 48.5 Å².